The number of anilines is 1. The standard InChI is InChI=1S/C29H25N5O3/c30-28(36)34-29(15-17-37-34,22-7-2-1-3-8-22)23-9-4-6-20(18-23)11-14-24-19-31-26-25(10-5-16-33(24)26)32-27(35)21-12-13-21/h1-10,16,18-19,21H,12-13,15,17H2,(H2,30,36)(H,32,35). The van der Waals surface area contributed by atoms with Gasteiger partial charge in [0.05, 0.1) is 18.5 Å². The van der Waals surface area contributed by atoms with Crippen molar-refractivity contribution in [3.63, 3.8) is 0 Å². The van der Waals surface area contributed by atoms with Crippen molar-refractivity contribution in [1.82, 2.24) is 14.4 Å². The maximum atomic E-state index is 12.3. The third kappa shape index (κ3) is 4.09. The Kier molecular flexibility index (Phi) is 5.63. The Balaban J connectivity index is 1.36. The van der Waals surface area contributed by atoms with E-state index in [2.05, 4.69) is 22.1 Å². The number of rotatable bonds is 4. The number of urea groups is 1. The number of pyridine rings is 1. The SMILES string of the molecule is NC(=O)N1OCCC1(c1ccccc1)c1cccc(C#Cc2cnc3c(NC(=O)C4CC4)cccn23)c1. The predicted octanol–water partition coefficient (Wildman–Crippen LogP) is 4.04. The van der Waals surface area contributed by atoms with Gasteiger partial charge in [-0.3, -0.25) is 14.0 Å². The highest BCUT2D eigenvalue weighted by Gasteiger charge is 2.48. The van der Waals surface area contributed by atoms with Gasteiger partial charge in [0.15, 0.2) is 5.65 Å². The number of carbonyl (C=O) groups is 2. The summed E-state index contributed by atoms with van der Waals surface area (Å²) in [6.45, 7) is 0.370. The minimum absolute atomic E-state index is 0.0359. The number of benzene rings is 2. The lowest BCUT2D eigenvalue weighted by molar-refractivity contribution is -0.117. The van der Waals surface area contributed by atoms with Crippen LogP contribution in [0.4, 0.5) is 10.5 Å². The monoisotopic (exact) mass is 491 g/mol. The summed E-state index contributed by atoms with van der Waals surface area (Å²) >= 11 is 0. The topological polar surface area (TPSA) is 102 Å². The van der Waals surface area contributed by atoms with Crippen molar-refractivity contribution < 1.29 is 14.4 Å². The number of hydrogen-bond donors (Lipinski definition) is 2. The number of amides is 3. The molecule has 2 aliphatic rings. The van der Waals surface area contributed by atoms with Gasteiger partial charge in [-0.2, -0.15) is 5.06 Å². The molecule has 1 atom stereocenters. The number of hydroxylamine groups is 2. The minimum Gasteiger partial charge on any atom is -0.350 e. The number of hydrogen-bond acceptors (Lipinski definition) is 4. The summed E-state index contributed by atoms with van der Waals surface area (Å²) in [6, 6.07) is 20.6. The first-order chi connectivity index (χ1) is 18.1. The molecule has 3 amide bonds. The quantitative estimate of drug-likeness (QED) is 0.421. The van der Waals surface area contributed by atoms with E-state index in [0.717, 1.165) is 29.5 Å². The first kappa shape index (κ1) is 22.8. The Hall–Kier alpha value is -4.61. The molecule has 1 saturated carbocycles. The fourth-order valence-electron chi connectivity index (χ4n) is 4.92. The average Bonchev–Trinajstić information content (AvgIpc) is 3.54. The van der Waals surface area contributed by atoms with Crippen LogP contribution in [0.3, 0.4) is 0 Å². The molecule has 37 heavy (non-hydrogen) atoms. The first-order valence-corrected chi connectivity index (χ1v) is 12.2. The molecule has 1 unspecified atom stereocenters. The highest BCUT2D eigenvalue weighted by molar-refractivity contribution is 5.97. The normalized spacial score (nSPS) is 18.9. The van der Waals surface area contributed by atoms with E-state index in [4.69, 9.17) is 10.6 Å². The van der Waals surface area contributed by atoms with Crippen LogP contribution in [0.15, 0.2) is 79.1 Å². The van der Waals surface area contributed by atoms with Gasteiger partial charge < -0.3 is 11.1 Å². The molecule has 1 saturated heterocycles. The Morgan fingerprint density at radius 3 is 2.62 bits per heavy atom. The number of primary amides is 1. The van der Waals surface area contributed by atoms with Gasteiger partial charge in [-0.15, -0.1) is 0 Å². The Labute approximate surface area is 214 Å². The molecular formula is C29H25N5O3. The van der Waals surface area contributed by atoms with Crippen LogP contribution in [-0.4, -0.2) is 33.0 Å². The van der Waals surface area contributed by atoms with E-state index in [1.807, 2.05) is 77.3 Å². The third-order valence-corrected chi connectivity index (χ3v) is 6.90. The molecule has 0 radical (unpaired) electrons. The molecule has 3 N–H and O–H groups in total. The summed E-state index contributed by atoms with van der Waals surface area (Å²) < 4.78 is 1.87. The van der Waals surface area contributed by atoms with E-state index < -0.39 is 11.6 Å². The number of carbonyl (C=O) groups excluding carboxylic acids is 2. The molecule has 1 aliphatic heterocycles. The number of aromatic nitrogens is 2. The molecule has 8 nitrogen and oxygen atoms in total. The van der Waals surface area contributed by atoms with Crippen LogP contribution in [0.25, 0.3) is 5.65 Å². The van der Waals surface area contributed by atoms with Gasteiger partial charge >= 0.3 is 6.03 Å². The molecule has 3 heterocycles. The van der Waals surface area contributed by atoms with Crippen molar-refractivity contribution in [1.29, 1.82) is 0 Å². The first-order valence-electron chi connectivity index (χ1n) is 12.2. The van der Waals surface area contributed by atoms with Gasteiger partial charge in [-0.1, -0.05) is 48.4 Å². The van der Waals surface area contributed by atoms with Crippen LogP contribution in [0.2, 0.25) is 0 Å². The largest absolute Gasteiger partial charge is 0.350 e. The number of fused-ring (bicyclic) bond motifs is 1. The average molecular weight is 492 g/mol. The van der Waals surface area contributed by atoms with Gasteiger partial charge in [-0.05, 0) is 54.2 Å². The number of nitrogens with two attached hydrogens (primary N) is 1. The van der Waals surface area contributed by atoms with E-state index in [-0.39, 0.29) is 11.8 Å². The lowest BCUT2D eigenvalue weighted by Crippen LogP contribution is -2.47. The summed E-state index contributed by atoms with van der Waals surface area (Å²) in [7, 11) is 0. The van der Waals surface area contributed by atoms with Crippen molar-refractivity contribution in [2.45, 2.75) is 24.8 Å². The zero-order chi connectivity index (χ0) is 25.4. The maximum absolute atomic E-state index is 12.3. The number of imidazole rings is 1. The fraction of sp³-hybridized carbons (Fsp3) is 0.207. The molecule has 184 valence electrons. The van der Waals surface area contributed by atoms with E-state index >= 15 is 0 Å². The zero-order valence-corrected chi connectivity index (χ0v) is 20.1. The van der Waals surface area contributed by atoms with Crippen molar-refractivity contribution in [2.75, 3.05) is 11.9 Å². The number of nitrogens with one attached hydrogen (secondary N) is 1. The second-order valence-corrected chi connectivity index (χ2v) is 9.30. The summed E-state index contributed by atoms with van der Waals surface area (Å²) in [5.41, 5.74) is 9.46. The second kappa shape index (κ2) is 9.12. The van der Waals surface area contributed by atoms with E-state index in [9.17, 15) is 9.59 Å². The van der Waals surface area contributed by atoms with Crippen molar-refractivity contribution in [3.8, 4) is 11.8 Å². The molecule has 6 rings (SSSR count). The zero-order valence-electron chi connectivity index (χ0n) is 20.1. The fourth-order valence-corrected chi connectivity index (χ4v) is 4.92. The summed E-state index contributed by atoms with van der Waals surface area (Å²) in [5.74, 6) is 6.58. The Morgan fingerprint density at radius 1 is 1.03 bits per heavy atom. The molecule has 2 fully saturated rings. The molecule has 1 aliphatic carbocycles. The van der Waals surface area contributed by atoms with Crippen LogP contribution in [0.1, 0.15) is 41.6 Å². The summed E-state index contributed by atoms with van der Waals surface area (Å²) in [4.78, 5) is 34.8. The van der Waals surface area contributed by atoms with Gasteiger partial charge in [0.1, 0.15) is 11.2 Å². The molecule has 2 aromatic carbocycles. The van der Waals surface area contributed by atoms with E-state index in [1.54, 1.807) is 6.20 Å². The smallest absolute Gasteiger partial charge is 0.339 e. The van der Waals surface area contributed by atoms with Crippen molar-refractivity contribution in [3.05, 3.63) is 102 Å². The predicted molar refractivity (Wildman–Crippen MR) is 138 cm³/mol. The molecule has 8 heteroatoms. The van der Waals surface area contributed by atoms with Crippen molar-refractivity contribution >= 4 is 23.3 Å². The Morgan fingerprint density at radius 2 is 1.84 bits per heavy atom. The van der Waals surface area contributed by atoms with Crippen LogP contribution in [-0.2, 0) is 15.2 Å². The lowest BCUT2D eigenvalue weighted by atomic mass is 9.80. The summed E-state index contributed by atoms with van der Waals surface area (Å²) in [6.07, 6.45) is 6.02. The molecule has 0 bridgehead atoms. The van der Waals surface area contributed by atoms with Crippen LogP contribution in [0, 0.1) is 17.8 Å². The highest BCUT2D eigenvalue weighted by atomic mass is 16.7. The van der Waals surface area contributed by atoms with E-state index in [1.165, 1.54) is 5.06 Å². The summed E-state index contributed by atoms with van der Waals surface area (Å²) in [5, 5.41) is 4.26. The van der Waals surface area contributed by atoms with Gasteiger partial charge in [0.25, 0.3) is 0 Å². The van der Waals surface area contributed by atoms with Gasteiger partial charge in [0, 0.05) is 24.1 Å². The highest BCUT2D eigenvalue weighted by Crippen LogP contribution is 2.43. The molecular weight excluding hydrogens is 466 g/mol. The molecule has 4 aromatic rings. The maximum Gasteiger partial charge on any atom is 0.339 e. The van der Waals surface area contributed by atoms with Crippen LogP contribution in [0.5, 0.6) is 0 Å². The Bertz CT molecular complexity index is 1560. The molecule has 2 aromatic heterocycles. The lowest BCUT2D eigenvalue weighted by Gasteiger charge is -2.36. The number of nitrogens with zero attached hydrogens (tertiary/aromatic N) is 3. The van der Waals surface area contributed by atoms with Gasteiger partial charge in [0.2, 0.25) is 5.91 Å². The van der Waals surface area contributed by atoms with Gasteiger partial charge in [-0.25, -0.2) is 9.78 Å². The molecule has 0 spiro atoms. The minimum atomic E-state index is -0.844. The second-order valence-electron chi connectivity index (χ2n) is 9.30. The van der Waals surface area contributed by atoms with Crippen LogP contribution < -0.4 is 11.1 Å². The van der Waals surface area contributed by atoms with E-state index in [0.29, 0.717) is 30.1 Å². The third-order valence-electron chi connectivity index (χ3n) is 6.90. The van der Waals surface area contributed by atoms with Crippen molar-refractivity contribution in [2.24, 2.45) is 11.7 Å². The van der Waals surface area contributed by atoms with Crippen LogP contribution >= 0.6 is 0 Å².